The van der Waals surface area contributed by atoms with E-state index in [0.717, 1.165) is 54.1 Å². The first kappa shape index (κ1) is 25.0. The van der Waals surface area contributed by atoms with E-state index in [-0.39, 0.29) is 24.5 Å². The lowest BCUT2D eigenvalue weighted by molar-refractivity contribution is -0.131. The molecule has 37 heavy (non-hydrogen) atoms. The lowest BCUT2D eigenvalue weighted by atomic mass is 10.1. The summed E-state index contributed by atoms with van der Waals surface area (Å²) in [6.07, 6.45) is 2.69. The zero-order chi connectivity index (χ0) is 25.8. The number of amides is 3. The maximum atomic E-state index is 13.2. The SMILES string of the molecule is Cc1ccc(NC(=O)N(CC(=O)N2CCCN(c3ccc(-c4ccccc4Cl)nn3)CC2)C2CC2)cc1. The van der Waals surface area contributed by atoms with Crippen molar-refractivity contribution in [2.45, 2.75) is 32.2 Å². The predicted molar refractivity (Wildman–Crippen MR) is 146 cm³/mol. The van der Waals surface area contributed by atoms with Gasteiger partial charge in [-0.1, -0.05) is 47.5 Å². The minimum Gasteiger partial charge on any atom is -0.353 e. The van der Waals surface area contributed by atoms with Crippen LogP contribution in [-0.4, -0.2) is 70.7 Å². The van der Waals surface area contributed by atoms with Gasteiger partial charge in [0, 0.05) is 43.5 Å². The van der Waals surface area contributed by atoms with E-state index in [0.29, 0.717) is 24.7 Å². The van der Waals surface area contributed by atoms with Crippen LogP contribution in [0, 0.1) is 6.92 Å². The summed E-state index contributed by atoms with van der Waals surface area (Å²) in [6, 6.07) is 19.0. The average Bonchev–Trinajstić information content (AvgIpc) is 3.76. The van der Waals surface area contributed by atoms with Crippen molar-refractivity contribution in [3.05, 3.63) is 71.2 Å². The van der Waals surface area contributed by atoms with Crippen molar-refractivity contribution in [1.29, 1.82) is 0 Å². The molecule has 2 aliphatic rings. The van der Waals surface area contributed by atoms with Crippen LogP contribution in [0.15, 0.2) is 60.7 Å². The summed E-state index contributed by atoms with van der Waals surface area (Å²) in [5.41, 5.74) is 3.44. The van der Waals surface area contributed by atoms with Crippen LogP contribution in [0.3, 0.4) is 0 Å². The van der Waals surface area contributed by atoms with Crippen molar-refractivity contribution in [2.75, 3.05) is 42.9 Å². The molecule has 0 unspecified atom stereocenters. The van der Waals surface area contributed by atoms with Gasteiger partial charge in [0.15, 0.2) is 5.82 Å². The molecule has 8 nitrogen and oxygen atoms in total. The van der Waals surface area contributed by atoms with Crippen molar-refractivity contribution in [3.8, 4) is 11.3 Å². The first-order valence-electron chi connectivity index (χ1n) is 12.7. The van der Waals surface area contributed by atoms with Crippen molar-refractivity contribution in [2.24, 2.45) is 0 Å². The summed E-state index contributed by atoms with van der Waals surface area (Å²) in [6.45, 7) is 4.76. The lowest BCUT2D eigenvalue weighted by Crippen LogP contribution is -2.46. The third-order valence-corrected chi connectivity index (χ3v) is 7.16. The molecule has 1 aromatic heterocycles. The molecule has 1 saturated carbocycles. The molecular formula is C28H31ClN6O2. The topological polar surface area (TPSA) is 81.7 Å². The zero-order valence-electron chi connectivity index (χ0n) is 20.9. The molecule has 0 bridgehead atoms. The Labute approximate surface area is 222 Å². The molecule has 0 spiro atoms. The molecule has 2 heterocycles. The van der Waals surface area contributed by atoms with E-state index in [1.807, 2.05) is 72.5 Å². The number of nitrogens with zero attached hydrogens (tertiary/aromatic N) is 5. The van der Waals surface area contributed by atoms with Crippen LogP contribution >= 0.6 is 11.6 Å². The van der Waals surface area contributed by atoms with Crippen molar-refractivity contribution in [3.63, 3.8) is 0 Å². The second-order valence-corrected chi connectivity index (χ2v) is 10.0. The van der Waals surface area contributed by atoms with Crippen LogP contribution in [0.5, 0.6) is 0 Å². The minimum atomic E-state index is -0.218. The Hall–Kier alpha value is -3.65. The summed E-state index contributed by atoms with van der Waals surface area (Å²) in [7, 11) is 0. The highest BCUT2D eigenvalue weighted by Crippen LogP contribution is 2.28. The maximum Gasteiger partial charge on any atom is 0.322 e. The van der Waals surface area contributed by atoms with E-state index in [1.165, 1.54) is 0 Å². The van der Waals surface area contributed by atoms with E-state index in [2.05, 4.69) is 20.4 Å². The van der Waals surface area contributed by atoms with Crippen molar-refractivity contribution >= 4 is 35.0 Å². The summed E-state index contributed by atoms with van der Waals surface area (Å²) in [5, 5.41) is 12.4. The monoisotopic (exact) mass is 518 g/mol. The molecule has 1 saturated heterocycles. The second kappa shape index (κ2) is 11.2. The smallest absolute Gasteiger partial charge is 0.322 e. The Morgan fingerprint density at radius 1 is 0.973 bits per heavy atom. The van der Waals surface area contributed by atoms with Gasteiger partial charge in [-0.3, -0.25) is 4.79 Å². The van der Waals surface area contributed by atoms with Gasteiger partial charge < -0.3 is 20.0 Å². The Bertz CT molecular complexity index is 1250. The van der Waals surface area contributed by atoms with E-state index >= 15 is 0 Å². The summed E-state index contributed by atoms with van der Waals surface area (Å²) < 4.78 is 0. The fourth-order valence-electron chi connectivity index (χ4n) is 4.53. The van der Waals surface area contributed by atoms with E-state index in [4.69, 9.17) is 11.6 Å². The summed E-state index contributed by atoms with van der Waals surface area (Å²) in [4.78, 5) is 31.9. The van der Waals surface area contributed by atoms with Crippen molar-refractivity contribution < 1.29 is 9.59 Å². The van der Waals surface area contributed by atoms with E-state index in [9.17, 15) is 9.59 Å². The number of hydrogen-bond donors (Lipinski definition) is 1. The third kappa shape index (κ3) is 6.20. The van der Waals surface area contributed by atoms with E-state index in [1.54, 1.807) is 4.90 Å². The van der Waals surface area contributed by atoms with Gasteiger partial charge in [-0.2, -0.15) is 0 Å². The van der Waals surface area contributed by atoms with Crippen molar-refractivity contribution in [1.82, 2.24) is 20.0 Å². The Kier molecular flexibility index (Phi) is 7.55. The molecule has 1 N–H and O–H groups in total. The van der Waals surface area contributed by atoms with Gasteiger partial charge in [0.25, 0.3) is 0 Å². The maximum absolute atomic E-state index is 13.2. The van der Waals surface area contributed by atoms with Crippen LogP contribution in [-0.2, 0) is 4.79 Å². The number of anilines is 2. The second-order valence-electron chi connectivity index (χ2n) is 9.63. The molecule has 3 aromatic rings. The molecule has 0 atom stereocenters. The van der Waals surface area contributed by atoms with Gasteiger partial charge in [-0.05, 0) is 56.5 Å². The molecule has 0 radical (unpaired) electrons. The molecule has 1 aliphatic carbocycles. The number of hydrogen-bond acceptors (Lipinski definition) is 5. The normalized spacial score (nSPS) is 15.7. The van der Waals surface area contributed by atoms with Gasteiger partial charge >= 0.3 is 6.03 Å². The van der Waals surface area contributed by atoms with Gasteiger partial charge in [0.05, 0.1) is 10.7 Å². The third-order valence-electron chi connectivity index (χ3n) is 6.83. The standard InChI is InChI=1S/C28H31ClN6O2/c1-20-7-9-21(10-8-20)30-28(37)35(22-11-12-22)19-27(36)34-16-4-15-33(17-18-34)26-14-13-25(31-32-26)23-5-2-3-6-24(23)29/h2-3,5-10,13-14,22H,4,11-12,15-19H2,1H3,(H,30,37). The Morgan fingerprint density at radius 2 is 1.76 bits per heavy atom. The molecule has 2 aromatic carbocycles. The lowest BCUT2D eigenvalue weighted by Gasteiger charge is -2.27. The highest BCUT2D eigenvalue weighted by atomic mass is 35.5. The molecule has 1 aliphatic heterocycles. The number of aryl methyl sites for hydroxylation is 1. The number of carbonyl (C=O) groups excluding carboxylic acids is 2. The van der Waals surface area contributed by atoms with Crippen LogP contribution in [0.4, 0.5) is 16.3 Å². The Morgan fingerprint density at radius 3 is 2.46 bits per heavy atom. The minimum absolute atomic E-state index is 0.0204. The largest absolute Gasteiger partial charge is 0.353 e. The number of aromatic nitrogens is 2. The number of halogens is 1. The fraction of sp³-hybridized carbons (Fsp3) is 0.357. The van der Waals surface area contributed by atoms with Crippen LogP contribution in [0.1, 0.15) is 24.8 Å². The van der Waals surface area contributed by atoms with Gasteiger partial charge in [-0.15, -0.1) is 10.2 Å². The molecule has 2 fully saturated rings. The fourth-order valence-corrected chi connectivity index (χ4v) is 4.77. The van der Waals surface area contributed by atoms with Gasteiger partial charge in [-0.25, -0.2) is 4.79 Å². The quantitative estimate of drug-likeness (QED) is 0.505. The number of nitrogens with one attached hydrogen (secondary N) is 1. The number of carbonyl (C=O) groups is 2. The number of benzene rings is 2. The van der Waals surface area contributed by atoms with Crippen LogP contribution in [0.25, 0.3) is 11.3 Å². The van der Waals surface area contributed by atoms with Gasteiger partial charge in [0.1, 0.15) is 6.54 Å². The molecule has 9 heteroatoms. The van der Waals surface area contributed by atoms with Gasteiger partial charge in [0.2, 0.25) is 5.91 Å². The van der Waals surface area contributed by atoms with E-state index < -0.39 is 0 Å². The van der Waals surface area contributed by atoms with Crippen LogP contribution < -0.4 is 10.2 Å². The molecule has 3 amide bonds. The summed E-state index contributed by atoms with van der Waals surface area (Å²) in [5.74, 6) is 0.759. The molecule has 192 valence electrons. The predicted octanol–water partition coefficient (Wildman–Crippen LogP) is 4.84. The number of urea groups is 1. The molecule has 5 rings (SSSR count). The van der Waals surface area contributed by atoms with Crippen LogP contribution in [0.2, 0.25) is 5.02 Å². The summed E-state index contributed by atoms with van der Waals surface area (Å²) >= 11 is 6.30. The number of rotatable bonds is 6. The average molecular weight is 519 g/mol. The highest BCUT2D eigenvalue weighted by Gasteiger charge is 2.35. The zero-order valence-corrected chi connectivity index (χ0v) is 21.7. The Balaban J connectivity index is 1.18. The first-order chi connectivity index (χ1) is 18.0. The first-order valence-corrected chi connectivity index (χ1v) is 13.1. The highest BCUT2D eigenvalue weighted by molar-refractivity contribution is 6.33. The molecular weight excluding hydrogens is 488 g/mol.